The van der Waals surface area contributed by atoms with Gasteiger partial charge >= 0.3 is 0 Å². The highest BCUT2D eigenvalue weighted by Gasteiger charge is 2.20. The lowest BCUT2D eigenvalue weighted by Crippen LogP contribution is -2.40. The lowest BCUT2D eigenvalue weighted by molar-refractivity contribution is 0.0933. The first kappa shape index (κ1) is 15.6. The highest BCUT2D eigenvalue weighted by molar-refractivity contribution is 5.97. The summed E-state index contributed by atoms with van der Waals surface area (Å²) in [4.78, 5) is 15.0. The number of benzene rings is 1. The SMILES string of the molecule is CCN1CCC[C@H](CNC(=O)c2ccccc2-n2cnnn2)C1. The van der Waals surface area contributed by atoms with Gasteiger partial charge < -0.3 is 10.2 Å². The van der Waals surface area contributed by atoms with Crippen molar-refractivity contribution < 1.29 is 4.79 Å². The van der Waals surface area contributed by atoms with E-state index >= 15 is 0 Å². The molecule has 0 bridgehead atoms. The molecule has 1 N–H and O–H groups in total. The minimum Gasteiger partial charge on any atom is -0.352 e. The molecule has 23 heavy (non-hydrogen) atoms. The van der Waals surface area contributed by atoms with E-state index in [0.29, 0.717) is 23.7 Å². The number of piperidine rings is 1. The number of nitrogens with one attached hydrogen (secondary N) is 1. The highest BCUT2D eigenvalue weighted by Crippen LogP contribution is 2.16. The van der Waals surface area contributed by atoms with Gasteiger partial charge in [0, 0.05) is 13.1 Å². The van der Waals surface area contributed by atoms with Crippen LogP contribution in [0, 0.1) is 5.92 Å². The number of carbonyl (C=O) groups excluding carboxylic acids is 1. The van der Waals surface area contributed by atoms with Crippen molar-refractivity contribution in [2.45, 2.75) is 19.8 Å². The van der Waals surface area contributed by atoms with Crippen molar-refractivity contribution in [1.29, 1.82) is 0 Å². The Balaban J connectivity index is 1.65. The number of hydrogen-bond donors (Lipinski definition) is 1. The number of aromatic nitrogens is 4. The molecule has 7 nitrogen and oxygen atoms in total. The van der Waals surface area contributed by atoms with Gasteiger partial charge in [-0.1, -0.05) is 19.1 Å². The van der Waals surface area contributed by atoms with Crippen LogP contribution in [0.4, 0.5) is 0 Å². The Morgan fingerprint density at radius 2 is 2.26 bits per heavy atom. The predicted molar refractivity (Wildman–Crippen MR) is 86.3 cm³/mol. The van der Waals surface area contributed by atoms with Crippen LogP contribution in [0.15, 0.2) is 30.6 Å². The fourth-order valence-electron chi connectivity index (χ4n) is 3.07. The summed E-state index contributed by atoms with van der Waals surface area (Å²) in [5, 5.41) is 14.2. The van der Waals surface area contributed by atoms with Crippen LogP contribution in [0.5, 0.6) is 0 Å². The van der Waals surface area contributed by atoms with Crippen molar-refractivity contribution in [2.24, 2.45) is 5.92 Å². The Morgan fingerprint density at radius 3 is 3.04 bits per heavy atom. The quantitative estimate of drug-likeness (QED) is 0.895. The maximum absolute atomic E-state index is 12.5. The summed E-state index contributed by atoms with van der Waals surface area (Å²) in [6.45, 7) is 6.20. The minimum atomic E-state index is -0.0790. The zero-order valence-corrected chi connectivity index (χ0v) is 13.4. The maximum Gasteiger partial charge on any atom is 0.253 e. The summed E-state index contributed by atoms with van der Waals surface area (Å²) >= 11 is 0. The van der Waals surface area contributed by atoms with Crippen molar-refractivity contribution in [3.63, 3.8) is 0 Å². The predicted octanol–water partition coefficient (Wildman–Crippen LogP) is 1.12. The fourth-order valence-corrected chi connectivity index (χ4v) is 3.07. The minimum absolute atomic E-state index is 0.0790. The Hall–Kier alpha value is -2.28. The van der Waals surface area contributed by atoms with Gasteiger partial charge in [0.15, 0.2) is 0 Å². The van der Waals surface area contributed by atoms with Crippen molar-refractivity contribution in [1.82, 2.24) is 30.4 Å². The monoisotopic (exact) mass is 314 g/mol. The van der Waals surface area contributed by atoms with Crippen LogP contribution in [-0.2, 0) is 0 Å². The smallest absolute Gasteiger partial charge is 0.253 e. The summed E-state index contributed by atoms with van der Waals surface area (Å²) in [5.41, 5.74) is 1.27. The number of hydrogen-bond acceptors (Lipinski definition) is 5. The zero-order valence-electron chi connectivity index (χ0n) is 13.4. The summed E-state index contributed by atoms with van der Waals surface area (Å²) in [6, 6.07) is 7.35. The van der Waals surface area contributed by atoms with Crippen LogP contribution in [0.1, 0.15) is 30.1 Å². The molecule has 122 valence electrons. The lowest BCUT2D eigenvalue weighted by Gasteiger charge is -2.31. The number of nitrogens with zero attached hydrogens (tertiary/aromatic N) is 5. The van der Waals surface area contributed by atoms with E-state index in [4.69, 9.17) is 0 Å². The molecule has 3 rings (SSSR count). The third-order valence-electron chi connectivity index (χ3n) is 4.35. The van der Waals surface area contributed by atoms with E-state index in [1.807, 2.05) is 18.2 Å². The molecular formula is C16H22N6O. The topological polar surface area (TPSA) is 75.9 Å². The number of carbonyl (C=O) groups is 1. The molecule has 0 radical (unpaired) electrons. The molecule has 1 aromatic carbocycles. The Kier molecular flexibility index (Phi) is 4.97. The van der Waals surface area contributed by atoms with Gasteiger partial charge in [0.25, 0.3) is 5.91 Å². The van der Waals surface area contributed by atoms with Crippen LogP contribution in [0.2, 0.25) is 0 Å². The number of likely N-dealkylation sites (tertiary alicyclic amines) is 1. The fraction of sp³-hybridized carbons (Fsp3) is 0.500. The molecule has 2 heterocycles. The Labute approximate surface area is 135 Å². The standard InChI is InChI=1S/C16H22N6O/c1-2-21-9-5-6-13(11-21)10-17-16(23)14-7-3-4-8-15(14)22-12-18-19-20-22/h3-4,7-8,12-13H,2,5-6,9-11H2,1H3,(H,17,23)/t13-/m1/s1. The average Bonchev–Trinajstić information content (AvgIpc) is 3.14. The molecular weight excluding hydrogens is 292 g/mol. The van der Waals surface area contributed by atoms with Crippen LogP contribution >= 0.6 is 0 Å². The van der Waals surface area contributed by atoms with E-state index in [9.17, 15) is 4.79 Å². The van der Waals surface area contributed by atoms with Gasteiger partial charge in [0.05, 0.1) is 11.3 Å². The molecule has 0 spiro atoms. The maximum atomic E-state index is 12.5. The van der Waals surface area contributed by atoms with Gasteiger partial charge in [-0.2, -0.15) is 4.68 Å². The molecule has 1 fully saturated rings. The van der Waals surface area contributed by atoms with E-state index in [0.717, 1.165) is 13.1 Å². The third kappa shape index (κ3) is 3.73. The second kappa shape index (κ2) is 7.32. The van der Waals surface area contributed by atoms with Gasteiger partial charge in [0.1, 0.15) is 6.33 Å². The van der Waals surface area contributed by atoms with Crippen molar-refractivity contribution in [3.8, 4) is 5.69 Å². The van der Waals surface area contributed by atoms with Gasteiger partial charge in [-0.05, 0) is 54.4 Å². The number of rotatable bonds is 5. The lowest BCUT2D eigenvalue weighted by atomic mass is 9.98. The van der Waals surface area contributed by atoms with Crippen molar-refractivity contribution in [2.75, 3.05) is 26.2 Å². The van der Waals surface area contributed by atoms with E-state index < -0.39 is 0 Å². The summed E-state index contributed by atoms with van der Waals surface area (Å²) in [7, 11) is 0. The van der Waals surface area contributed by atoms with Crippen LogP contribution in [-0.4, -0.2) is 57.2 Å². The largest absolute Gasteiger partial charge is 0.352 e. The zero-order chi connectivity index (χ0) is 16.1. The molecule has 1 aliphatic heterocycles. The molecule has 1 atom stereocenters. The second-order valence-corrected chi connectivity index (χ2v) is 5.88. The van der Waals surface area contributed by atoms with Crippen molar-refractivity contribution >= 4 is 5.91 Å². The Bertz CT molecular complexity index is 642. The first-order chi connectivity index (χ1) is 11.3. The normalized spacial score (nSPS) is 18.7. The molecule has 2 aromatic rings. The second-order valence-electron chi connectivity index (χ2n) is 5.88. The number of amides is 1. The third-order valence-corrected chi connectivity index (χ3v) is 4.35. The number of para-hydroxylation sites is 1. The van der Waals surface area contributed by atoms with E-state index in [-0.39, 0.29) is 5.91 Å². The molecule has 7 heteroatoms. The molecule has 1 aliphatic rings. The first-order valence-corrected chi connectivity index (χ1v) is 8.11. The molecule has 1 saturated heterocycles. The molecule has 0 aliphatic carbocycles. The van der Waals surface area contributed by atoms with Crippen LogP contribution in [0.25, 0.3) is 5.69 Å². The van der Waals surface area contributed by atoms with Gasteiger partial charge in [-0.25, -0.2) is 0 Å². The molecule has 1 amide bonds. The summed E-state index contributed by atoms with van der Waals surface area (Å²) < 4.78 is 1.51. The van der Waals surface area contributed by atoms with Gasteiger partial charge in [-0.3, -0.25) is 4.79 Å². The summed E-state index contributed by atoms with van der Waals surface area (Å²) in [5.74, 6) is 0.442. The van der Waals surface area contributed by atoms with Gasteiger partial charge in [0.2, 0.25) is 0 Å². The van der Waals surface area contributed by atoms with E-state index in [2.05, 4.69) is 32.7 Å². The van der Waals surface area contributed by atoms with Crippen molar-refractivity contribution in [3.05, 3.63) is 36.2 Å². The molecule has 0 saturated carbocycles. The number of tetrazole rings is 1. The van der Waals surface area contributed by atoms with Crippen LogP contribution in [0.3, 0.4) is 0 Å². The average molecular weight is 314 g/mol. The molecule has 1 aromatic heterocycles. The Morgan fingerprint density at radius 1 is 1.39 bits per heavy atom. The first-order valence-electron chi connectivity index (χ1n) is 8.11. The van der Waals surface area contributed by atoms with Gasteiger partial charge in [-0.15, -0.1) is 5.10 Å². The highest BCUT2D eigenvalue weighted by atomic mass is 16.1. The van der Waals surface area contributed by atoms with Crippen LogP contribution < -0.4 is 5.32 Å². The van der Waals surface area contributed by atoms with E-state index in [1.54, 1.807) is 6.07 Å². The van der Waals surface area contributed by atoms with E-state index in [1.165, 1.54) is 30.4 Å². The molecule has 0 unspecified atom stereocenters. The summed E-state index contributed by atoms with van der Waals surface area (Å²) in [6.07, 6.45) is 3.87.